The summed E-state index contributed by atoms with van der Waals surface area (Å²) < 4.78 is 6.67. The largest absolute Gasteiger partial charge is 0.380 e. The molecule has 0 amide bonds. The highest BCUT2D eigenvalue weighted by Gasteiger charge is 2.55. The van der Waals surface area contributed by atoms with E-state index in [2.05, 4.69) is 76.3 Å². The molecule has 0 N–H and O–H groups in total. The Hall–Kier alpha value is -1.08. The van der Waals surface area contributed by atoms with Crippen molar-refractivity contribution in [3.05, 3.63) is 48.6 Å². The molecule has 0 saturated heterocycles. The van der Waals surface area contributed by atoms with Gasteiger partial charge >= 0.3 is 0 Å². The van der Waals surface area contributed by atoms with Crippen LogP contribution in [0.4, 0.5) is 0 Å². The van der Waals surface area contributed by atoms with Crippen LogP contribution in [0.5, 0.6) is 0 Å². The van der Waals surface area contributed by atoms with Crippen LogP contribution in [0.15, 0.2) is 48.6 Å². The number of allylic oxidation sites excluding steroid dienone is 4. The monoisotopic (exact) mass is 811 g/mol. The number of hydrogen-bond acceptors (Lipinski definition) is 1. The number of unbranched alkanes of at least 4 members (excludes halogenated alkanes) is 8. The van der Waals surface area contributed by atoms with Gasteiger partial charge < -0.3 is 4.74 Å². The van der Waals surface area contributed by atoms with Gasteiger partial charge in [-0.05, 0) is 98.7 Å². The summed E-state index contributed by atoms with van der Waals surface area (Å²) in [4.78, 5) is 0. The molecule has 0 atom stereocenters. The van der Waals surface area contributed by atoms with Crippen molar-refractivity contribution in [2.45, 2.75) is 246 Å². The van der Waals surface area contributed by atoms with Crippen LogP contribution >= 0.6 is 0 Å². The van der Waals surface area contributed by atoms with Crippen LogP contribution in [0.1, 0.15) is 246 Å². The van der Waals surface area contributed by atoms with Crippen molar-refractivity contribution in [2.75, 3.05) is 13.2 Å². The summed E-state index contributed by atoms with van der Waals surface area (Å²) in [6.45, 7) is 11.2. The van der Waals surface area contributed by atoms with Gasteiger partial charge in [0.1, 0.15) is 0 Å². The molecule has 1 heteroatoms. The van der Waals surface area contributed by atoms with E-state index in [1.165, 1.54) is 218 Å². The van der Waals surface area contributed by atoms with Gasteiger partial charge in [-0.15, -0.1) is 0 Å². The van der Waals surface area contributed by atoms with Crippen LogP contribution < -0.4 is 0 Å². The van der Waals surface area contributed by atoms with E-state index >= 15 is 0 Å². The third-order valence-electron chi connectivity index (χ3n) is 18.5. The van der Waals surface area contributed by atoms with Crippen LogP contribution in [0.2, 0.25) is 0 Å². The molecule has 0 heterocycles. The van der Waals surface area contributed by atoms with Crippen molar-refractivity contribution in [3.8, 4) is 0 Å². The Labute approximate surface area is 368 Å². The van der Waals surface area contributed by atoms with E-state index in [9.17, 15) is 0 Å². The summed E-state index contributed by atoms with van der Waals surface area (Å²) in [7, 11) is 0. The molecule has 0 spiro atoms. The highest BCUT2D eigenvalue weighted by Crippen LogP contribution is 2.64. The Balaban J connectivity index is 1.03. The van der Waals surface area contributed by atoms with E-state index < -0.39 is 0 Å². The highest BCUT2D eigenvalue weighted by molar-refractivity contribution is 5.28. The molecule has 336 valence electrons. The van der Waals surface area contributed by atoms with Gasteiger partial charge in [-0.2, -0.15) is 0 Å². The summed E-state index contributed by atoms with van der Waals surface area (Å²) in [6, 6.07) is 0. The molecule has 59 heavy (non-hydrogen) atoms. The summed E-state index contributed by atoms with van der Waals surface area (Å²) in [5.41, 5.74) is 1.43. The minimum absolute atomic E-state index is 0.246. The molecule has 6 aliphatic rings. The Morgan fingerprint density at radius 2 is 0.763 bits per heavy atom. The third-order valence-corrected chi connectivity index (χ3v) is 18.5. The van der Waals surface area contributed by atoms with E-state index in [1.54, 1.807) is 0 Å². The lowest BCUT2D eigenvalue weighted by atomic mass is 9.47. The molecular weight excluding hydrogens is 713 g/mol. The second-order valence-corrected chi connectivity index (χ2v) is 22.2. The zero-order valence-electron chi connectivity index (χ0n) is 39.9. The van der Waals surface area contributed by atoms with Crippen LogP contribution in [-0.4, -0.2) is 13.2 Å². The average molecular weight is 811 g/mol. The van der Waals surface area contributed by atoms with Gasteiger partial charge in [-0.3, -0.25) is 0 Å². The van der Waals surface area contributed by atoms with Crippen molar-refractivity contribution in [1.29, 1.82) is 0 Å². The maximum atomic E-state index is 6.67. The minimum atomic E-state index is 0.246. The van der Waals surface area contributed by atoms with Gasteiger partial charge in [0, 0.05) is 22.7 Å². The van der Waals surface area contributed by atoms with Crippen LogP contribution in [0.25, 0.3) is 0 Å². The maximum absolute atomic E-state index is 6.67. The lowest BCUT2D eigenvalue weighted by Gasteiger charge is -2.57. The van der Waals surface area contributed by atoms with Gasteiger partial charge in [0.2, 0.25) is 0 Å². The number of rotatable bonds is 24. The molecule has 0 aliphatic heterocycles. The molecule has 6 aliphatic carbocycles. The standard InChI is InChI=1S/C58H98O/c1-5-9-11-13-17-23-49-25-29-53(30-26-49)57(39-19-15-20-40-57)55(37-7-3)43-33-51(34-44-55)47-59-48-52-35-45-56(38-8-4,46-36-52)58(41-21-16-22-42-58)54-31-27-50(28-32-54)24-18-14-12-10-6-2/h33-36,43-46,49-54H,5-32,37-42,47-48H2,1-4H3. The van der Waals surface area contributed by atoms with Crippen molar-refractivity contribution in [3.63, 3.8) is 0 Å². The predicted octanol–water partition coefficient (Wildman–Crippen LogP) is 18.3. The van der Waals surface area contributed by atoms with E-state index in [4.69, 9.17) is 4.74 Å². The van der Waals surface area contributed by atoms with E-state index in [1.807, 2.05) is 0 Å². The van der Waals surface area contributed by atoms with Crippen molar-refractivity contribution < 1.29 is 4.74 Å². The smallest absolute Gasteiger partial charge is 0.0563 e. The SMILES string of the molecule is CCCCCCCC1CCC(C2(C3(CCC)C=CC(COCC4C=CC(CCC)(C5(C6CCC(CCCCCCC)CC6)CCCCC5)C=C4)C=C3)CCCCC2)CC1. The van der Waals surface area contributed by atoms with Gasteiger partial charge in [0.25, 0.3) is 0 Å². The molecule has 0 aromatic carbocycles. The minimum Gasteiger partial charge on any atom is -0.380 e. The topological polar surface area (TPSA) is 9.23 Å². The second kappa shape index (κ2) is 24.1. The lowest BCUT2D eigenvalue weighted by molar-refractivity contribution is -0.0288. The highest BCUT2D eigenvalue weighted by atomic mass is 16.5. The summed E-state index contributed by atoms with van der Waals surface area (Å²) in [6.07, 6.45) is 70.5. The van der Waals surface area contributed by atoms with E-state index in [-0.39, 0.29) is 10.8 Å². The summed E-state index contributed by atoms with van der Waals surface area (Å²) in [5.74, 6) is 4.64. The van der Waals surface area contributed by atoms with E-state index in [0.717, 1.165) is 36.9 Å². The normalized spacial score (nSPS) is 34.3. The maximum Gasteiger partial charge on any atom is 0.0563 e. The zero-order valence-corrected chi connectivity index (χ0v) is 39.9. The Kier molecular flexibility index (Phi) is 19.4. The molecule has 4 saturated carbocycles. The Morgan fingerprint density at radius 1 is 0.407 bits per heavy atom. The summed E-state index contributed by atoms with van der Waals surface area (Å²) >= 11 is 0. The molecule has 6 rings (SSSR count). The second-order valence-electron chi connectivity index (χ2n) is 22.2. The predicted molar refractivity (Wildman–Crippen MR) is 258 cm³/mol. The molecule has 0 aromatic rings. The first-order chi connectivity index (χ1) is 29.0. The van der Waals surface area contributed by atoms with Crippen LogP contribution in [-0.2, 0) is 4.74 Å². The fourth-order valence-corrected chi connectivity index (χ4v) is 15.3. The van der Waals surface area contributed by atoms with Gasteiger partial charge in [0.15, 0.2) is 0 Å². The average Bonchev–Trinajstić information content (AvgIpc) is 3.28. The van der Waals surface area contributed by atoms with Gasteiger partial charge in [-0.1, -0.05) is 230 Å². The Morgan fingerprint density at radius 3 is 1.10 bits per heavy atom. The van der Waals surface area contributed by atoms with Gasteiger partial charge in [-0.25, -0.2) is 0 Å². The molecule has 0 bridgehead atoms. The van der Waals surface area contributed by atoms with Crippen molar-refractivity contribution in [1.82, 2.24) is 0 Å². The zero-order chi connectivity index (χ0) is 41.3. The van der Waals surface area contributed by atoms with Crippen molar-refractivity contribution in [2.24, 2.45) is 57.2 Å². The molecule has 1 nitrogen and oxygen atoms in total. The quantitative estimate of drug-likeness (QED) is 0.0697. The Bertz CT molecular complexity index is 1140. The lowest BCUT2D eigenvalue weighted by Crippen LogP contribution is -2.48. The molecule has 4 fully saturated rings. The first-order valence-corrected chi connectivity index (χ1v) is 27.3. The van der Waals surface area contributed by atoms with Gasteiger partial charge in [0.05, 0.1) is 13.2 Å². The fraction of sp³-hybridized carbons (Fsp3) is 0.862. The molecule has 0 unspecified atom stereocenters. The van der Waals surface area contributed by atoms with Crippen LogP contribution in [0, 0.1) is 57.2 Å². The van der Waals surface area contributed by atoms with Crippen LogP contribution in [0.3, 0.4) is 0 Å². The molecule has 0 aromatic heterocycles. The first kappa shape index (κ1) is 47.4. The van der Waals surface area contributed by atoms with Crippen molar-refractivity contribution >= 4 is 0 Å². The molecular formula is C58H98O. The fourth-order valence-electron chi connectivity index (χ4n) is 15.3. The summed E-state index contributed by atoms with van der Waals surface area (Å²) in [5, 5.41) is 0. The number of hydrogen-bond donors (Lipinski definition) is 0. The first-order valence-electron chi connectivity index (χ1n) is 27.3. The number of ether oxygens (including phenoxy) is 1. The third kappa shape index (κ3) is 11.7. The van der Waals surface area contributed by atoms with E-state index in [0.29, 0.717) is 22.7 Å². The molecule has 0 radical (unpaired) electrons.